The smallest absolute Gasteiger partial charge is 0.263 e. The van der Waals surface area contributed by atoms with Gasteiger partial charge in [-0.3, -0.25) is 4.79 Å². The van der Waals surface area contributed by atoms with Crippen molar-refractivity contribution < 1.29 is 4.79 Å². The van der Waals surface area contributed by atoms with Crippen molar-refractivity contribution in [2.45, 2.75) is 38.5 Å². The van der Waals surface area contributed by atoms with Crippen LogP contribution >= 0.6 is 11.3 Å². The van der Waals surface area contributed by atoms with Crippen molar-refractivity contribution in [2.75, 3.05) is 13.1 Å². The summed E-state index contributed by atoms with van der Waals surface area (Å²) < 4.78 is 0. The van der Waals surface area contributed by atoms with E-state index in [-0.39, 0.29) is 5.91 Å². The minimum absolute atomic E-state index is 0.275. The molecule has 86 valence electrons. The van der Waals surface area contributed by atoms with Gasteiger partial charge >= 0.3 is 0 Å². The van der Waals surface area contributed by atoms with Crippen LogP contribution in [0.1, 0.15) is 45.8 Å². The number of hydrogen-bond acceptors (Lipinski definition) is 2. The van der Waals surface area contributed by atoms with Crippen LogP contribution in [-0.2, 0) is 12.8 Å². The van der Waals surface area contributed by atoms with E-state index in [1.165, 1.54) is 49.0 Å². The molecule has 1 aliphatic heterocycles. The number of aryl methyl sites for hydroxylation is 2. The number of likely N-dealkylation sites (tertiary alicyclic amines) is 1. The van der Waals surface area contributed by atoms with Crippen LogP contribution in [0.25, 0.3) is 0 Å². The van der Waals surface area contributed by atoms with Crippen LogP contribution in [0.15, 0.2) is 6.07 Å². The molecule has 1 saturated heterocycles. The van der Waals surface area contributed by atoms with Gasteiger partial charge in [0.15, 0.2) is 0 Å². The van der Waals surface area contributed by atoms with Crippen LogP contribution in [0.5, 0.6) is 0 Å². The summed E-state index contributed by atoms with van der Waals surface area (Å²) in [5.74, 6) is 0.275. The molecule has 0 unspecified atom stereocenters. The molecule has 0 saturated carbocycles. The number of carbonyl (C=O) groups is 1. The summed E-state index contributed by atoms with van der Waals surface area (Å²) >= 11 is 1.74. The lowest BCUT2D eigenvalue weighted by Crippen LogP contribution is -2.26. The van der Waals surface area contributed by atoms with Crippen LogP contribution in [0, 0.1) is 0 Å². The first-order chi connectivity index (χ1) is 7.84. The first-order valence-corrected chi connectivity index (χ1v) is 7.07. The Hall–Kier alpha value is -0.830. The molecular formula is C13H17NOS. The second-order valence-corrected chi connectivity index (χ2v) is 5.90. The van der Waals surface area contributed by atoms with E-state index in [2.05, 4.69) is 6.07 Å². The lowest BCUT2D eigenvalue weighted by Gasteiger charge is -2.13. The summed E-state index contributed by atoms with van der Waals surface area (Å²) in [5.41, 5.74) is 1.44. The number of carbonyl (C=O) groups excluding carboxylic acids is 1. The van der Waals surface area contributed by atoms with E-state index in [4.69, 9.17) is 0 Å². The van der Waals surface area contributed by atoms with Gasteiger partial charge in [-0.2, -0.15) is 0 Å². The maximum absolute atomic E-state index is 12.2. The van der Waals surface area contributed by atoms with Crippen LogP contribution in [0.4, 0.5) is 0 Å². The first kappa shape index (κ1) is 10.3. The Morgan fingerprint density at radius 3 is 2.62 bits per heavy atom. The van der Waals surface area contributed by atoms with Crippen LogP contribution in [0.3, 0.4) is 0 Å². The molecule has 0 atom stereocenters. The predicted octanol–water partition coefficient (Wildman–Crippen LogP) is 2.86. The monoisotopic (exact) mass is 235 g/mol. The standard InChI is InChI=1S/C13H17NOS/c15-13(14-7-3-4-8-14)12-9-10-5-1-2-6-11(10)16-12/h9H,1-8H2. The van der Waals surface area contributed by atoms with Gasteiger partial charge in [0.05, 0.1) is 4.88 Å². The Bertz CT molecular complexity index is 381. The molecule has 1 aromatic rings. The first-order valence-electron chi connectivity index (χ1n) is 6.25. The fourth-order valence-electron chi connectivity index (χ4n) is 2.67. The molecule has 0 spiro atoms. The highest BCUT2D eigenvalue weighted by Gasteiger charge is 2.23. The maximum Gasteiger partial charge on any atom is 0.263 e. The largest absolute Gasteiger partial charge is 0.338 e. The molecule has 0 radical (unpaired) electrons. The van der Waals surface area contributed by atoms with Gasteiger partial charge in [0.2, 0.25) is 0 Å². The Kier molecular flexibility index (Phi) is 2.72. The van der Waals surface area contributed by atoms with E-state index in [1.807, 2.05) is 4.90 Å². The normalized spacial score (nSPS) is 19.9. The molecule has 16 heavy (non-hydrogen) atoms. The molecule has 0 aromatic carbocycles. The van der Waals surface area contributed by atoms with E-state index in [1.54, 1.807) is 11.3 Å². The molecule has 1 amide bonds. The molecule has 0 N–H and O–H groups in total. The summed E-state index contributed by atoms with van der Waals surface area (Å²) in [4.78, 5) is 16.7. The summed E-state index contributed by atoms with van der Waals surface area (Å²) in [7, 11) is 0. The van der Waals surface area contributed by atoms with Crippen LogP contribution in [0.2, 0.25) is 0 Å². The van der Waals surface area contributed by atoms with Crippen molar-refractivity contribution in [1.82, 2.24) is 4.90 Å². The summed E-state index contributed by atoms with van der Waals surface area (Å²) in [6, 6.07) is 2.15. The van der Waals surface area contributed by atoms with Crippen molar-refractivity contribution in [2.24, 2.45) is 0 Å². The molecule has 1 fully saturated rings. The third-order valence-corrected chi connectivity index (χ3v) is 4.83. The summed E-state index contributed by atoms with van der Waals surface area (Å²) in [5, 5.41) is 0. The SMILES string of the molecule is O=C(c1cc2c(s1)CCCC2)N1CCCC1. The number of amides is 1. The van der Waals surface area contributed by atoms with Crippen molar-refractivity contribution in [1.29, 1.82) is 0 Å². The van der Waals surface area contributed by atoms with Gasteiger partial charge in [-0.1, -0.05) is 0 Å². The molecule has 1 aliphatic carbocycles. The van der Waals surface area contributed by atoms with E-state index in [9.17, 15) is 4.79 Å². The lowest BCUT2D eigenvalue weighted by atomic mass is 9.99. The zero-order valence-electron chi connectivity index (χ0n) is 9.50. The number of thiophene rings is 1. The second kappa shape index (κ2) is 4.21. The van der Waals surface area contributed by atoms with Gasteiger partial charge in [-0.05, 0) is 50.2 Å². The highest BCUT2D eigenvalue weighted by molar-refractivity contribution is 7.14. The summed E-state index contributed by atoms with van der Waals surface area (Å²) in [6.45, 7) is 1.92. The van der Waals surface area contributed by atoms with Crippen molar-refractivity contribution >= 4 is 17.2 Å². The maximum atomic E-state index is 12.2. The molecule has 3 heteroatoms. The number of hydrogen-bond donors (Lipinski definition) is 0. The highest BCUT2D eigenvalue weighted by Crippen LogP contribution is 2.30. The molecule has 2 heterocycles. The molecular weight excluding hydrogens is 218 g/mol. The van der Waals surface area contributed by atoms with E-state index >= 15 is 0 Å². The zero-order chi connectivity index (χ0) is 11.0. The molecule has 2 nitrogen and oxygen atoms in total. The second-order valence-electron chi connectivity index (χ2n) is 4.77. The molecule has 0 bridgehead atoms. The average molecular weight is 235 g/mol. The zero-order valence-corrected chi connectivity index (χ0v) is 10.3. The fraction of sp³-hybridized carbons (Fsp3) is 0.615. The van der Waals surface area contributed by atoms with Gasteiger partial charge in [-0.25, -0.2) is 0 Å². The van der Waals surface area contributed by atoms with Crippen molar-refractivity contribution in [3.05, 3.63) is 21.4 Å². The van der Waals surface area contributed by atoms with E-state index < -0.39 is 0 Å². The Labute approximate surface area is 100 Å². The Morgan fingerprint density at radius 1 is 1.12 bits per heavy atom. The van der Waals surface area contributed by atoms with E-state index in [0.717, 1.165) is 18.0 Å². The van der Waals surface area contributed by atoms with Gasteiger partial charge in [0, 0.05) is 18.0 Å². The lowest BCUT2D eigenvalue weighted by molar-refractivity contribution is 0.0797. The third kappa shape index (κ3) is 1.77. The molecule has 1 aromatic heterocycles. The van der Waals surface area contributed by atoms with Crippen LogP contribution in [-0.4, -0.2) is 23.9 Å². The minimum atomic E-state index is 0.275. The average Bonchev–Trinajstić information content (AvgIpc) is 2.97. The number of rotatable bonds is 1. The minimum Gasteiger partial charge on any atom is -0.338 e. The number of fused-ring (bicyclic) bond motifs is 1. The summed E-state index contributed by atoms with van der Waals surface area (Å²) in [6.07, 6.45) is 7.31. The quantitative estimate of drug-likeness (QED) is 0.733. The van der Waals surface area contributed by atoms with Gasteiger partial charge in [0.1, 0.15) is 0 Å². The van der Waals surface area contributed by atoms with Crippen molar-refractivity contribution in [3.8, 4) is 0 Å². The Morgan fingerprint density at radius 2 is 1.88 bits per heavy atom. The van der Waals surface area contributed by atoms with Gasteiger partial charge in [-0.15, -0.1) is 11.3 Å². The highest BCUT2D eigenvalue weighted by atomic mass is 32.1. The van der Waals surface area contributed by atoms with Gasteiger partial charge in [0.25, 0.3) is 5.91 Å². The van der Waals surface area contributed by atoms with Gasteiger partial charge < -0.3 is 4.90 Å². The topological polar surface area (TPSA) is 20.3 Å². The van der Waals surface area contributed by atoms with Crippen molar-refractivity contribution in [3.63, 3.8) is 0 Å². The van der Waals surface area contributed by atoms with Crippen LogP contribution < -0.4 is 0 Å². The Balaban J connectivity index is 1.83. The fourth-order valence-corrected chi connectivity index (χ4v) is 3.89. The van der Waals surface area contributed by atoms with E-state index in [0.29, 0.717) is 0 Å². The molecule has 2 aliphatic rings. The molecule has 3 rings (SSSR count). The third-order valence-electron chi connectivity index (χ3n) is 3.60. The predicted molar refractivity (Wildman–Crippen MR) is 66.1 cm³/mol. The number of nitrogens with zero attached hydrogens (tertiary/aromatic N) is 1.